The minimum absolute atomic E-state index is 0.0281. The zero-order valence-corrected chi connectivity index (χ0v) is 15.5. The van der Waals surface area contributed by atoms with Crippen LogP contribution in [0.15, 0.2) is 50.7 Å². The molecule has 3 aromatic rings. The maximum Gasteiger partial charge on any atom is 0.277 e. The van der Waals surface area contributed by atoms with Gasteiger partial charge in [-0.1, -0.05) is 23.9 Å². The largest absolute Gasteiger partial charge is 0.485 e. The number of imide groups is 1. The standard InChI is InChI=1S/C18H15N3O6S/c1-10-11(6-7-24-10)17-20-21-18(27-17)28-9-15(22)19-16(23)14-8-25-12-4-2-3-5-13(12)26-14/h2-7,14H,8-9H2,1H3,(H,19,22,23)/t14-/m0/s1. The number of aryl methyl sites for hydroxylation is 1. The second kappa shape index (κ2) is 7.77. The zero-order chi connectivity index (χ0) is 19.5. The van der Waals surface area contributed by atoms with Crippen molar-refractivity contribution < 1.29 is 27.9 Å². The van der Waals surface area contributed by atoms with Gasteiger partial charge in [0, 0.05) is 0 Å². The number of aromatic nitrogens is 2. The van der Waals surface area contributed by atoms with E-state index < -0.39 is 17.9 Å². The van der Waals surface area contributed by atoms with E-state index in [9.17, 15) is 9.59 Å². The third-order valence-electron chi connectivity index (χ3n) is 3.89. The summed E-state index contributed by atoms with van der Waals surface area (Å²) >= 11 is 1.02. The molecule has 2 aromatic heterocycles. The summed E-state index contributed by atoms with van der Waals surface area (Å²) < 4.78 is 21.7. The molecule has 2 amide bonds. The van der Waals surface area contributed by atoms with Crippen LogP contribution in [0.2, 0.25) is 0 Å². The lowest BCUT2D eigenvalue weighted by atomic mass is 10.2. The number of nitrogens with zero attached hydrogens (tertiary/aromatic N) is 2. The van der Waals surface area contributed by atoms with E-state index >= 15 is 0 Å². The van der Waals surface area contributed by atoms with Crippen molar-refractivity contribution in [3.8, 4) is 23.0 Å². The number of carbonyl (C=O) groups is 2. The first-order valence-electron chi connectivity index (χ1n) is 8.33. The molecule has 1 aliphatic rings. The van der Waals surface area contributed by atoms with E-state index in [2.05, 4.69) is 15.5 Å². The van der Waals surface area contributed by atoms with Gasteiger partial charge in [-0.3, -0.25) is 14.9 Å². The highest BCUT2D eigenvalue weighted by atomic mass is 32.2. The number of hydrogen-bond donors (Lipinski definition) is 1. The molecule has 0 bridgehead atoms. The molecule has 1 aliphatic heterocycles. The predicted molar refractivity (Wildman–Crippen MR) is 97.0 cm³/mol. The van der Waals surface area contributed by atoms with Gasteiger partial charge in [0.05, 0.1) is 17.6 Å². The Labute approximate surface area is 163 Å². The Balaban J connectivity index is 1.29. The van der Waals surface area contributed by atoms with Crippen LogP contribution in [0.4, 0.5) is 0 Å². The maximum absolute atomic E-state index is 12.2. The molecule has 0 aliphatic carbocycles. The molecule has 9 nitrogen and oxygen atoms in total. The van der Waals surface area contributed by atoms with Crippen LogP contribution in [0.3, 0.4) is 0 Å². The molecule has 0 radical (unpaired) electrons. The Morgan fingerprint density at radius 3 is 2.82 bits per heavy atom. The lowest BCUT2D eigenvalue weighted by Crippen LogP contribution is -2.46. The average molecular weight is 401 g/mol. The fourth-order valence-electron chi connectivity index (χ4n) is 2.51. The van der Waals surface area contributed by atoms with Crippen molar-refractivity contribution in [2.24, 2.45) is 0 Å². The van der Waals surface area contributed by atoms with Gasteiger partial charge in [-0.05, 0) is 25.1 Å². The third-order valence-corrected chi connectivity index (χ3v) is 4.70. The van der Waals surface area contributed by atoms with Crippen molar-refractivity contribution in [3.05, 3.63) is 42.4 Å². The first-order valence-corrected chi connectivity index (χ1v) is 9.31. The molecule has 0 spiro atoms. The molecule has 0 unspecified atom stereocenters. The van der Waals surface area contributed by atoms with Gasteiger partial charge in [0.15, 0.2) is 11.5 Å². The van der Waals surface area contributed by atoms with Gasteiger partial charge in [0.25, 0.3) is 17.0 Å². The number of nitrogens with one attached hydrogen (secondary N) is 1. The van der Waals surface area contributed by atoms with E-state index in [-0.39, 0.29) is 17.6 Å². The van der Waals surface area contributed by atoms with Gasteiger partial charge < -0.3 is 18.3 Å². The van der Waals surface area contributed by atoms with Crippen LogP contribution in [0.5, 0.6) is 11.5 Å². The van der Waals surface area contributed by atoms with Crippen molar-refractivity contribution in [1.29, 1.82) is 0 Å². The van der Waals surface area contributed by atoms with Crippen LogP contribution in [-0.2, 0) is 9.59 Å². The van der Waals surface area contributed by atoms with Crippen LogP contribution in [0.25, 0.3) is 11.5 Å². The number of furan rings is 1. The SMILES string of the molecule is Cc1occc1-c1nnc(SCC(=O)NC(=O)[C@@H]2COc3ccccc3O2)o1. The van der Waals surface area contributed by atoms with E-state index in [1.165, 1.54) is 6.26 Å². The number of fused-ring (bicyclic) bond motifs is 1. The molecule has 0 saturated carbocycles. The van der Waals surface area contributed by atoms with Crippen LogP contribution in [0.1, 0.15) is 5.76 Å². The number of amides is 2. The quantitative estimate of drug-likeness (QED) is 0.642. The molecule has 144 valence electrons. The Bertz CT molecular complexity index is 1010. The lowest BCUT2D eigenvalue weighted by Gasteiger charge is -2.25. The third kappa shape index (κ3) is 3.86. The summed E-state index contributed by atoms with van der Waals surface area (Å²) in [6, 6.07) is 8.73. The minimum Gasteiger partial charge on any atom is -0.485 e. The summed E-state index contributed by atoms with van der Waals surface area (Å²) in [6.45, 7) is 1.81. The summed E-state index contributed by atoms with van der Waals surface area (Å²) in [5.41, 5.74) is 0.689. The molecule has 28 heavy (non-hydrogen) atoms. The molecule has 0 fully saturated rings. The molecule has 4 rings (SSSR count). The van der Waals surface area contributed by atoms with Crippen molar-refractivity contribution in [1.82, 2.24) is 15.5 Å². The fourth-order valence-corrected chi connectivity index (χ4v) is 3.08. The topological polar surface area (TPSA) is 117 Å². The molecular weight excluding hydrogens is 386 g/mol. The Morgan fingerprint density at radius 1 is 1.21 bits per heavy atom. The van der Waals surface area contributed by atoms with Crippen LogP contribution < -0.4 is 14.8 Å². The zero-order valence-electron chi connectivity index (χ0n) is 14.7. The van der Waals surface area contributed by atoms with Gasteiger partial charge in [0.1, 0.15) is 12.4 Å². The number of benzene rings is 1. The van der Waals surface area contributed by atoms with Crippen LogP contribution in [0, 0.1) is 6.92 Å². The minimum atomic E-state index is -0.900. The highest BCUT2D eigenvalue weighted by Crippen LogP contribution is 2.31. The number of rotatable bonds is 5. The first kappa shape index (κ1) is 18.1. The molecular formula is C18H15N3O6S. The van der Waals surface area contributed by atoms with Crippen LogP contribution >= 0.6 is 11.8 Å². The van der Waals surface area contributed by atoms with Gasteiger partial charge in [-0.2, -0.15) is 0 Å². The Morgan fingerprint density at radius 2 is 2.04 bits per heavy atom. The van der Waals surface area contributed by atoms with Gasteiger partial charge in [-0.15, -0.1) is 10.2 Å². The second-order valence-electron chi connectivity index (χ2n) is 5.83. The molecule has 1 atom stereocenters. The maximum atomic E-state index is 12.2. The normalized spacial score (nSPS) is 15.2. The number of ether oxygens (including phenoxy) is 2. The lowest BCUT2D eigenvalue weighted by molar-refractivity contribution is -0.135. The Kier molecular flexibility index (Phi) is 5.02. The van der Waals surface area contributed by atoms with E-state index in [0.29, 0.717) is 28.7 Å². The summed E-state index contributed by atoms with van der Waals surface area (Å²) in [5, 5.41) is 10.3. The van der Waals surface area contributed by atoms with Crippen molar-refractivity contribution >= 4 is 23.6 Å². The van der Waals surface area contributed by atoms with E-state index in [0.717, 1.165) is 11.8 Å². The van der Waals surface area contributed by atoms with Crippen molar-refractivity contribution in [2.45, 2.75) is 18.3 Å². The van der Waals surface area contributed by atoms with Crippen molar-refractivity contribution in [2.75, 3.05) is 12.4 Å². The van der Waals surface area contributed by atoms with Gasteiger partial charge >= 0.3 is 0 Å². The number of carbonyl (C=O) groups excluding carboxylic acids is 2. The summed E-state index contributed by atoms with van der Waals surface area (Å²) in [4.78, 5) is 24.3. The van der Waals surface area contributed by atoms with Gasteiger partial charge in [0.2, 0.25) is 12.0 Å². The molecule has 1 aromatic carbocycles. The molecule has 3 heterocycles. The molecule has 0 saturated heterocycles. The molecule has 1 N–H and O–H groups in total. The highest BCUT2D eigenvalue weighted by molar-refractivity contribution is 7.99. The number of para-hydroxylation sites is 2. The Hall–Kier alpha value is -3.27. The molecule has 10 heteroatoms. The van der Waals surface area contributed by atoms with E-state index in [1.807, 2.05) is 0 Å². The van der Waals surface area contributed by atoms with E-state index in [4.69, 9.17) is 18.3 Å². The average Bonchev–Trinajstić information content (AvgIpc) is 3.34. The number of thioether (sulfide) groups is 1. The first-order chi connectivity index (χ1) is 13.6. The highest BCUT2D eigenvalue weighted by Gasteiger charge is 2.28. The number of hydrogen-bond acceptors (Lipinski definition) is 9. The van der Waals surface area contributed by atoms with E-state index in [1.54, 1.807) is 37.3 Å². The second-order valence-corrected chi connectivity index (χ2v) is 6.76. The summed E-state index contributed by atoms with van der Waals surface area (Å²) in [5.74, 6) is 0.840. The van der Waals surface area contributed by atoms with Crippen LogP contribution in [-0.4, -0.2) is 40.5 Å². The van der Waals surface area contributed by atoms with Gasteiger partial charge in [-0.25, -0.2) is 0 Å². The summed E-state index contributed by atoms with van der Waals surface area (Å²) in [7, 11) is 0. The summed E-state index contributed by atoms with van der Waals surface area (Å²) in [6.07, 6.45) is 0.624. The predicted octanol–water partition coefficient (Wildman–Crippen LogP) is 2.21. The fraction of sp³-hybridized carbons (Fsp3) is 0.222. The van der Waals surface area contributed by atoms with Crippen molar-refractivity contribution in [3.63, 3.8) is 0 Å². The monoisotopic (exact) mass is 401 g/mol. The smallest absolute Gasteiger partial charge is 0.277 e.